The maximum absolute atomic E-state index is 13.6. The molecule has 1 N–H and O–H groups in total. The number of hydrogen-bond donors (Lipinski definition) is 1. The van der Waals surface area contributed by atoms with Crippen molar-refractivity contribution in [3.05, 3.63) is 47.3 Å². The van der Waals surface area contributed by atoms with Crippen molar-refractivity contribution < 1.29 is 27.4 Å². The van der Waals surface area contributed by atoms with Gasteiger partial charge in [-0.05, 0) is 36.5 Å². The van der Waals surface area contributed by atoms with Crippen LogP contribution in [0, 0.1) is 22.7 Å². The molecule has 2 aliphatic rings. The molecule has 2 saturated heterocycles. The van der Waals surface area contributed by atoms with Crippen LogP contribution in [0.3, 0.4) is 0 Å². The highest BCUT2D eigenvalue weighted by Gasteiger charge is 2.49. The zero-order valence-corrected chi connectivity index (χ0v) is 19.5. The summed E-state index contributed by atoms with van der Waals surface area (Å²) in [4.78, 5) is 16.5. The number of anilines is 1. The number of halogens is 3. The van der Waals surface area contributed by atoms with E-state index in [0.29, 0.717) is 70.1 Å². The highest BCUT2D eigenvalue weighted by molar-refractivity contribution is 5.93. The van der Waals surface area contributed by atoms with Crippen LogP contribution in [0.15, 0.2) is 30.6 Å². The van der Waals surface area contributed by atoms with Gasteiger partial charge in [0.15, 0.2) is 0 Å². The fourth-order valence-electron chi connectivity index (χ4n) is 5.16. The van der Waals surface area contributed by atoms with E-state index in [1.54, 1.807) is 30.3 Å². The van der Waals surface area contributed by atoms with Gasteiger partial charge in [0.2, 0.25) is 0 Å². The van der Waals surface area contributed by atoms with Crippen molar-refractivity contribution in [2.75, 3.05) is 58.0 Å². The summed E-state index contributed by atoms with van der Waals surface area (Å²) in [5.74, 6) is -0.00577. The van der Waals surface area contributed by atoms with Gasteiger partial charge in [0.25, 0.3) is 5.91 Å². The molecule has 1 atom stereocenters. The van der Waals surface area contributed by atoms with Crippen LogP contribution in [0.4, 0.5) is 18.9 Å². The number of hydrogen-bond acceptors (Lipinski definition) is 6. The molecule has 35 heavy (non-hydrogen) atoms. The third kappa shape index (κ3) is 5.28. The van der Waals surface area contributed by atoms with E-state index in [9.17, 15) is 18.0 Å². The zero-order chi connectivity index (χ0) is 25.1. The maximum atomic E-state index is 13.6. The summed E-state index contributed by atoms with van der Waals surface area (Å²) in [6.45, 7) is 3.54. The van der Waals surface area contributed by atoms with E-state index in [0.717, 1.165) is 6.07 Å². The fraction of sp³-hybridized carbons (Fsp3) is 0.542. The summed E-state index contributed by atoms with van der Waals surface area (Å²) < 4.78 is 51.6. The molecule has 188 valence electrons. The number of ether oxygens (including phenoxy) is 2. The van der Waals surface area contributed by atoms with Gasteiger partial charge in [0.1, 0.15) is 0 Å². The number of piperidine rings is 1. The molecule has 1 aromatic carbocycles. The number of amides is 1. The van der Waals surface area contributed by atoms with Crippen LogP contribution >= 0.6 is 0 Å². The van der Waals surface area contributed by atoms with Gasteiger partial charge in [-0.15, -0.1) is 0 Å². The van der Waals surface area contributed by atoms with Crippen molar-refractivity contribution in [3.8, 4) is 6.07 Å². The van der Waals surface area contributed by atoms with Gasteiger partial charge in [0.05, 0.1) is 48.8 Å². The number of methoxy groups -OCH3 is 1. The molecule has 11 heteroatoms. The number of nitrogens with one attached hydrogen (secondary N) is 1. The Kier molecular flexibility index (Phi) is 7.33. The Labute approximate surface area is 201 Å². The number of likely N-dealkylation sites (tertiary alicyclic amines) is 1. The first kappa shape index (κ1) is 25.0. The van der Waals surface area contributed by atoms with E-state index in [-0.39, 0.29) is 22.8 Å². The Hall–Kier alpha value is -3.10. The zero-order valence-electron chi connectivity index (χ0n) is 19.5. The topological polar surface area (TPSA) is 94.5 Å². The van der Waals surface area contributed by atoms with Gasteiger partial charge in [0, 0.05) is 51.1 Å². The number of alkyl halides is 3. The first-order chi connectivity index (χ1) is 16.8. The monoisotopic (exact) mass is 491 g/mol. The van der Waals surface area contributed by atoms with E-state index in [2.05, 4.69) is 10.2 Å². The lowest BCUT2D eigenvalue weighted by molar-refractivity contribution is -0.137. The molecule has 4 rings (SSSR count). The molecule has 0 radical (unpaired) electrons. The van der Waals surface area contributed by atoms with Crippen LogP contribution in [-0.4, -0.2) is 74.1 Å². The number of aromatic nitrogens is 2. The van der Waals surface area contributed by atoms with E-state index in [1.165, 1.54) is 12.3 Å². The summed E-state index contributed by atoms with van der Waals surface area (Å²) in [6, 6.07) is 5.52. The van der Waals surface area contributed by atoms with Crippen LogP contribution in [0.2, 0.25) is 0 Å². The van der Waals surface area contributed by atoms with Crippen molar-refractivity contribution in [2.24, 2.45) is 11.3 Å². The molecule has 2 aliphatic heterocycles. The maximum Gasteiger partial charge on any atom is 0.417 e. The lowest BCUT2D eigenvalue weighted by Gasteiger charge is -2.42. The summed E-state index contributed by atoms with van der Waals surface area (Å²) >= 11 is 0. The normalized spacial score (nSPS) is 19.8. The van der Waals surface area contributed by atoms with Gasteiger partial charge >= 0.3 is 6.18 Å². The average molecular weight is 492 g/mol. The Morgan fingerprint density at radius 3 is 2.71 bits per heavy atom. The number of nitriles is 1. The number of nitrogens with zero attached hydrogens (tertiary/aromatic N) is 4. The highest BCUT2D eigenvalue weighted by Crippen LogP contribution is 2.47. The van der Waals surface area contributed by atoms with Gasteiger partial charge in [-0.2, -0.15) is 23.5 Å². The number of benzene rings is 1. The molecule has 1 aromatic heterocycles. The van der Waals surface area contributed by atoms with E-state index >= 15 is 0 Å². The molecule has 8 nitrogen and oxygen atoms in total. The predicted octanol–water partition coefficient (Wildman–Crippen LogP) is 3.32. The second kappa shape index (κ2) is 10.3. The van der Waals surface area contributed by atoms with Crippen molar-refractivity contribution in [1.29, 1.82) is 5.26 Å². The SMILES string of the molecule is COCCOCC1CN(c2ccc(C#N)c(C(F)(F)F)c2)CC12CCN(C(=O)c1cn[nH]c1)CC2. The third-order valence-corrected chi connectivity index (χ3v) is 7.15. The first-order valence-corrected chi connectivity index (χ1v) is 11.5. The summed E-state index contributed by atoms with van der Waals surface area (Å²) in [5.41, 5.74) is -0.572. The highest BCUT2D eigenvalue weighted by atomic mass is 19.4. The molecule has 2 aromatic rings. The Morgan fingerprint density at radius 2 is 2.09 bits per heavy atom. The predicted molar refractivity (Wildman–Crippen MR) is 121 cm³/mol. The molecule has 0 saturated carbocycles. The van der Waals surface area contributed by atoms with E-state index in [4.69, 9.17) is 14.7 Å². The average Bonchev–Trinajstić information content (AvgIpc) is 3.50. The fourth-order valence-corrected chi connectivity index (χ4v) is 5.16. The molecule has 1 spiro atoms. The van der Waals surface area contributed by atoms with Gasteiger partial charge in [-0.3, -0.25) is 9.89 Å². The Bertz CT molecular complexity index is 1060. The van der Waals surface area contributed by atoms with Crippen LogP contribution in [0.5, 0.6) is 0 Å². The molecule has 0 bridgehead atoms. The second-order valence-corrected chi connectivity index (χ2v) is 9.13. The first-order valence-electron chi connectivity index (χ1n) is 11.5. The van der Waals surface area contributed by atoms with Crippen LogP contribution < -0.4 is 4.90 Å². The summed E-state index contributed by atoms with van der Waals surface area (Å²) in [5, 5.41) is 15.6. The molecule has 0 aliphatic carbocycles. The number of carbonyl (C=O) groups excluding carboxylic acids is 1. The van der Waals surface area contributed by atoms with Crippen LogP contribution in [0.1, 0.15) is 34.3 Å². The number of carbonyl (C=O) groups is 1. The molecule has 2 fully saturated rings. The number of rotatable bonds is 7. The van der Waals surface area contributed by atoms with Crippen molar-refractivity contribution in [1.82, 2.24) is 15.1 Å². The Morgan fingerprint density at radius 1 is 1.31 bits per heavy atom. The lowest BCUT2D eigenvalue weighted by atomic mass is 9.71. The molecular formula is C24H28F3N5O3. The molecule has 3 heterocycles. The summed E-state index contributed by atoms with van der Waals surface area (Å²) in [6.07, 6.45) is -0.110. The largest absolute Gasteiger partial charge is 0.417 e. The number of H-pyrrole nitrogens is 1. The van der Waals surface area contributed by atoms with Crippen LogP contribution in [0.25, 0.3) is 0 Å². The molecular weight excluding hydrogens is 463 g/mol. The standard InChI is InChI=1S/C24H28F3N5O3/c1-34-8-9-35-15-19-14-32(20-3-2-17(11-28)21(10-20)24(25,26)27)16-23(19)4-6-31(7-5-23)22(33)18-12-29-30-13-18/h2-3,10,12-13,19H,4-9,14-16H2,1H3,(H,29,30). The minimum atomic E-state index is -4.61. The third-order valence-electron chi connectivity index (χ3n) is 7.15. The minimum Gasteiger partial charge on any atom is -0.382 e. The summed E-state index contributed by atoms with van der Waals surface area (Å²) in [7, 11) is 1.60. The molecule has 1 unspecified atom stereocenters. The molecule has 1 amide bonds. The second-order valence-electron chi connectivity index (χ2n) is 9.13. The van der Waals surface area contributed by atoms with Crippen molar-refractivity contribution >= 4 is 11.6 Å². The minimum absolute atomic E-state index is 0.0792. The van der Waals surface area contributed by atoms with Gasteiger partial charge in [-0.25, -0.2) is 0 Å². The quantitative estimate of drug-likeness (QED) is 0.598. The van der Waals surface area contributed by atoms with E-state index < -0.39 is 11.7 Å². The van der Waals surface area contributed by atoms with Crippen LogP contribution in [-0.2, 0) is 15.7 Å². The van der Waals surface area contributed by atoms with Gasteiger partial charge < -0.3 is 19.3 Å². The van der Waals surface area contributed by atoms with E-state index in [1.807, 2.05) is 4.90 Å². The number of aromatic amines is 1. The lowest BCUT2D eigenvalue weighted by Crippen LogP contribution is -2.47. The van der Waals surface area contributed by atoms with Gasteiger partial charge in [-0.1, -0.05) is 0 Å². The Balaban J connectivity index is 1.53. The smallest absolute Gasteiger partial charge is 0.382 e. The van der Waals surface area contributed by atoms with Crippen molar-refractivity contribution in [3.63, 3.8) is 0 Å². The van der Waals surface area contributed by atoms with Crippen molar-refractivity contribution in [2.45, 2.75) is 19.0 Å².